The molecule has 0 aliphatic heterocycles. The number of aryl methyl sites for hydroxylation is 1. The van der Waals surface area contributed by atoms with Crippen molar-refractivity contribution in [3.05, 3.63) is 47.4 Å². The number of rotatable bonds is 4. The van der Waals surface area contributed by atoms with Crippen molar-refractivity contribution in [3.63, 3.8) is 0 Å². The Hall–Kier alpha value is -1.88. The van der Waals surface area contributed by atoms with Crippen LogP contribution in [0.15, 0.2) is 40.5 Å². The van der Waals surface area contributed by atoms with E-state index in [2.05, 4.69) is 23.8 Å². The fourth-order valence-corrected chi connectivity index (χ4v) is 2.57. The van der Waals surface area contributed by atoms with Gasteiger partial charge in [0.1, 0.15) is 11.4 Å². The Bertz CT molecular complexity index is 642. The molecule has 0 atom stereocenters. The highest BCUT2D eigenvalue weighted by Gasteiger charge is 2.10. The van der Waals surface area contributed by atoms with Crippen LogP contribution in [-0.2, 0) is 0 Å². The van der Waals surface area contributed by atoms with E-state index in [4.69, 9.17) is 5.11 Å². The van der Waals surface area contributed by atoms with Gasteiger partial charge in [-0.15, -0.1) is 0 Å². The largest absolute Gasteiger partial charge is 0.478 e. The van der Waals surface area contributed by atoms with Gasteiger partial charge in [0.25, 0.3) is 0 Å². The number of hydrogen-bond donors (Lipinski definition) is 1. The van der Waals surface area contributed by atoms with Crippen LogP contribution >= 0.6 is 11.8 Å². The molecule has 4 nitrogen and oxygen atoms in total. The number of carboxylic acids is 1. The van der Waals surface area contributed by atoms with Crippen LogP contribution in [0.5, 0.6) is 0 Å². The van der Waals surface area contributed by atoms with Gasteiger partial charge >= 0.3 is 5.97 Å². The lowest BCUT2D eigenvalue weighted by molar-refractivity contribution is 0.0696. The molecule has 0 amide bonds. The van der Waals surface area contributed by atoms with Gasteiger partial charge in [0, 0.05) is 10.6 Å². The zero-order chi connectivity index (χ0) is 14.7. The van der Waals surface area contributed by atoms with Crippen molar-refractivity contribution >= 4 is 17.7 Å². The number of carbonyl (C=O) groups is 1. The molecule has 2 aromatic rings. The highest BCUT2D eigenvalue weighted by molar-refractivity contribution is 7.99. The monoisotopic (exact) mass is 288 g/mol. The molecule has 0 saturated carbocycles. The lowest BCUT2D eigenvalue weighted by atomic mass is 10.1. The summed E-state index contributed by atoms with van der Waals surface area (Å²) in [6.07, 6.45) is 1.55. The van der Waals surface area contributed by atoms with E-state index in [0.29, 0.717) is 11.5 Å². The third kappa shape index (κ3) is 3.36. The van der Waals surface area contributed by atoms with Crippen LogP contribution in [0.1, 0.15) is 41.4 Å². The number of hydrogen-bond acceptors (Lipinski definition) is 4. The second-order valence-corrected chi connectivity index (χ2v) is 5.91. The summed E-state index contributed by atoms with van der Waals surface area (Å²) in [6, 6.07) is 7.34. The molecule has 0 spiro atoms. The van der Waals surface area contributed by atoms with Gasteiger partial charge in [-0.05, 0) is 36.6 Å². The minimum Gasteiger partial charge on any atom is -0.478 e. The van der Waals surface area contributed by atoms with Crippen LogP contribution in [0.4, 0.5) is 0 Å². The zero-order valence-electron chi connectivity index (χ0n) is 11.6. The molecule has 0 saturated heterocycles. The molecule has 104 valence electrons. The van der Waals surface area contributed by atoms with Gasteiger partial charge in [0.15, 0.2) is 0 Å². The molecule has 1 N–H and O–H groups in total. The van der Waals surface area contributed by atoms with Crippen molar-refractivity contribution in [2.45, 2.75) is 36.6 Å². The third-order valence-electron chi connectivity index (χ3n) is 2.92. The highest BCUT2D eigenvalue weighted by atomic mass is 32.2. The Kier molecular flexibility index (Phi) is 4.39. The number of benzene rings is 1. The molecule has 1 aromatic carbocycles. The molecule has 1 aromatic heterocycles. The first-order valence-electron chi connectivity index (χ1n) is 6.31. The molecule has 0 aliphatic rings. The van der Waals surface area contributed by atoms with Gasteiger partial charge in [-0.1, -0.05) is 31.7 Å². The second kappa shape index (κ2) is 6.05. The summed E-state index contributed by atoms with van der Waals surface area (Å²) >= 11 is 1.44. The summed E-state index contributed by atoms with van der Waals surface area (Å²) in [7, 11) is 0. The number of carboxylic acid groups (broad SMARTS) is 1. The molecule has 5 heteroatoms. The van der Waals surface area contributed by atoms with E-state index >= 15 is 0 Å². The SMILES string of the molecule is Cc1ccc(Sc2cc(C(C)C)ncn2)cc1C(=O)O. The summed E-state index contributed by atoms with van der Waals surface area (Å²) in [5.41, 5.74) is 2.06. The van der Waals surface area contributed by atoms with Crippen molar-refractivity contribution in [1.82, 2.24) is 9.97 Å². The quantitative estimate of drug-likeness (QED) is 0.868. The average molecular weight is 288 g/mol. The molecule has 0 fully saturated rings. The van der Waals surface area contributed by atoms with E-state index in [1.807, 2.05) is 18.2 Å². The Balaban J connectivity index is 2.28. The van der Waals surface area contributed by atoms with Crippen LogP contribution in [0.25, 0.3) is 0 Å². The van der Waals surface area contributed by atoms with E-state index in [1.54, 1.807) is 19.3 Å². The molecular weight excluding hydrogens is 272 g/mol. The van der Waals surface area contributed by atoms with Gasteiger partial charge in [0.05, 0.1) is 5.56 Å². The van der Waals surface area contributed by atoms with Gasteiger partial charge in [-0.3, -0.25) is 0 Å². The zero-order valence-corrected chi connectivity index (χ0v) is 12.4. The summed E-state index contributed by atoms with van der Waals surface area (Å²) in [5.74, 6) is -0.569. The second-order valence-electron chi connectivity index (χ2n) is 4.82. The average Bonchev–Trinajstić information content (AvgIpc) is 2.41. The molecule has 0 aliphatic carbocycles. The number of aromatic nitrogens is 2. The predicted molar refractivity (Wildman–Crippen MR) is 78.4 cm³/mol. The maximum absolute atomic E-state index is 11.1. The van der Waals surface area contributed by atoms with Crippen molar-refractivity contribution in [2.24, 2.45) is 0 Å². The predicted octanol–water partition coefficient (Wildman–Crippen LogP) is 3.76. The van der Waals surface area contributed by atoms with Crippen molar-refractivity contribution in [3.8, 4) is 0 Å². The molecule has 20 heavy (non-hydrogen) atoms. The molecule has 1 heterocycles. The summed E-state index contributed by atoms with van der Waals surface area (Å²) in [6.45, 7) is 5.94. The van der Waals surface area contributed by atoms with Gasteiger partial charge < -0.3 is 5.11 Å². The molecule has 2 rings (SSSR count). The van der Waals surface area contributed by atoms with Crippen LogP contribution in [0.3, 0.4) is 0 Å². The summed E-state index contributed by atoms with van der Waals surface area (Å²) in [4.78, 5) is 20.4. The third-order valence-corrected chi connectivity index (χ3v) is 3.84. The van der Waals surface area contributed by atoms with E-state index in [-0.39, 0.29) is 0 Å². The van der Waals surface area contributed by atoms with Crippen LogP contribution in [0, 0.1) is 6.92 Å². The Labute approximate surface area is 122 Å². The normalized spacial score (nSPS) is 10.8. The summed E-state index contributed by atoms with van der Waals surface area (Å²) in [5, 5.41) is 9.96. The topological polar surface area (TPSA) is 63.1 Å². The molecule has 0 radical (unpaired) electrons. The maximum atomic E-state index is 11.1. The van der Waals surface area contributed by atoms with Crippen molar-refractivity contribution in [1.29, 1.82) is 0 Å². The van der Waals surface area contributed by atoms with Gasteiger partial charge in [-0.2, -0.15) is 0 Å². The Morgan fingerprint density at radius 3 is 2.65 bits per heavy atom. The smallest absolute Gasteiger partial charge is 0.335 e. The molecule has 0 unspecified atom stereocenters. The molecular formula is C15H16N2O2S. The van der Waals surface area contributed by atoms with Crippen molar-refractivity contribution in [2.75, 3.05) is 0 Å². The maximum Gasteiger partial charge on any atom is 0.335 e. The van der Waals surface area contributed by atoms with E-state index in [9.17, 15) is 4.79 Å². The highest BCUT2D eigenvalue weighted by Crippen LogP contribution is 2.28. The lowest BCUT2D eigenvalue weighted by Gasteiger charge is -2.07. The fourth-order valence-electron chi connectivity index (χ4n) is 1.74. The van der Waals surface area contributed by atoms with Gasteiger partial charge in [0.2, 0.25) is 0 Å². The first-order chi connectivity index (χ1) is 9.47. The van der Waals surface area contributed by atoms with Crippen LogP contribution in [-0.4, -0.2) is 21.0 Å². The minimum absolute atomic E-state index is 0.327. The molecule has 0 bridgehead atoms. The lowest BCUT2D eigenvalue weighted by Crippen LogP contribution is -1.99. The van der Waals surface area contributed by atoms with E-state index in [1.165, 1.54) is 11.8 Å². The van der Waals surface area contributed by atoms with Crippen molar-refractivity contribution < 1.29 is 9.90 Å². The fraction of sp³-hybridized carbons (Fsp3) is 0.267. The van der Waals surface area contributed by atoms with Gasteiger partial charge in [-0.25, -0.2) is 14.8 Å². The summed E-state index contributed by atoms with van der Waals surface area (Å²) < 4.78 is 0. The number of nitrogens with zero attached hydrogens (tertiary/aromatic N) is 2. The Morgan fingerprint density at radius 1 is 1.25 bits per heavy atom. The Morgan fingerprint density at radius 2 is 2.00 bits per heavy atom. The first-order valence-corrected chi connectivity index (χ1v) is 7.12. The number of aromatic carboxylic acids is 1. The minimum atomic E-state index is -0.907. The van der Waals surface area contributed by atoms with Crippen LogP contribution < -0.4 is 0 Å². The first kappa shape index (κ1) is 14.5. The van der Waals surface area contributed by atoms with Crippen LogP contribution in [0.2, 0.25) is 0 Å². The standard InChI is InChI=1S/C15H16N2O2S/c1-9(2)13-7-14(17-8-16-13)20-11-5-4-10(3)12(6-11)15(18)19/h4-9H,1-3H3,(H,18,19). The van der Waals surface area contributed by atoms with E-state index in [0.717, 1.165) is 21.2 Å². The van der Waals surface area contributed by atoms with E-state index < -0.39 is 5.97 Å².